The van der Waals surface area contributed by atoms with Crippen LogP contribution in [0.5, 0.6) is 5.75 Å². The van der Waals surface area contributed by atoms with Crippen molar-refractivity contribution in [3.63, 3.8) is 0 Å². The lowest BCUT2D eigenvalue weighted by Crippen LogP contribution is -2.31. The van der Waals surface area contributed by atoms with E-state index in [1.165, 1.54) is 6.07 Å². The molecule has 0 saturated carbocycles. The van der Waals surface area contributed by atoms with Crippen LogP contribution in [0.4, 0.5) is 0 Å². The summed E-state index contributed by atoms with van der Waals surface area (Å²) in [6.07, 6.45) is 3.54. The van der Waals surface area contributed by atoms with Crippen LogP contribution in [0.1, 0.15) is 11.1 Å². The van der Waals surface area contributed by atoms with Crippen LogP contribution in [0.2, 0.25) is 5.02 Å². The summed E-state index contributed by atoms with van der Waals surface area (Å²) in [4.78, 5) is 31.7. The van der Waals surface area contributed by atoms with E-state index in [1.807, 2.05) is 24.4 Å². The predicted octanol–water partition coefficient (Wildman–Crippen LogP) is 4.97. The highest BCUT2D eigenvalue weighted by Gasteiger charge is 2.24. The van der Waals surface area contributed by atoms with Gasteiger partial charge in [0.2, 0.25) is 0 Å². The largest absolute Gasteiger partial charge is 0.478 e. The molecule has 1 aliphatic heterocycles. The highest BCUT2D eigenvalue weighted by Crippen LogP contribution is 2.36. The van der Waals surface area contributed by atoms with E-state index < -0.39 is 11.3 Å². The van der Waals surface area contributed by atoms with Gasteiger partial charge in [-0.05, 0) is 48.0 Å². The van der Waals surface area contributed by atoms with Crippen molar-refractivity contribution in [3.05, 3.63) is 104 Å². The first-order valence-corrected chi connectivity index (χ1v) is 11.0. The summed E-state index contributed by atoms with van der Waals surface area (Å²) in [5.41, 5.74) is 2.19. The SMILES string of the molecule is O=c1cc(-c2cc3cc(Cl)ccc3oc2=O)c2ccc3c(c2o1)CN(Cc1cccnc1)CO3. The zero-order valence-electron chi connectivity index (χ0n) is 17.8. The van der Waals surface area contributed by atoms with Gasteiger partial charge in [-0.3, -0.25) is 9.88 Å². The van der Waals surface area contributed by atoms with Crippen molar-refractivity contribution < 1.29 is 13.6 Å². The molecule has 2 aromatic carbocycles. The van der Waals surface area contributed by atoms with Crippen LogP contribution in [0.15, 0.2) is 85.4 Å². The second-order valence-electron chi connectivity index (χ2n) is 8.15. The Bertz CT molecular complexity index is 1680. The fraction of sp³-hybridized carbons (Fsp3) is 0.115. The molecule has 0 bridgehead atoms. The summed E-state index contributed by atoms with van der Waals surface area (Å²) >= 11 is 6.12. The second kappa shape index (κ2) is 8.13. The summed E-state index contributed by atoms with van der Waals surface area (Å²) < 4.78 is 17.1. The number of benzene rings is 2. The molecule has 0 amide bonds. The quantitative estimate of drug-likeness (QED) is 0.343. The van der Waals surface area contributed by atoms with Gasteiger partial charge in [0.15, 0.2) is 0 Å². The Morgan fingerprint density at radius 1 is 1.00 bits per heavy atom. The van der Waals surface area contributed by atoms with Gasteiger partial charge in [-0.2, -0.15) is 0 Å². The average Bonchev–Trinajstić information content (AvgIpc) is 2.84. The molecular weight excluding hydrogens is 456 g/mol. The van der Waals surface area contributed by atoms with E-state index in [2.05, 4.69) is 9.88 Å². The summed E-state index contributed by atoms with van der Waals surface area (Å²) in [5.74, 6) is 0.646. The average molecular weight is 473 g/mol. The number of aromatic nitrogens is 1. The Kier molecular flexibility index (Phi) is 4.94. The maximum Gasteiger partial charge on any atom is 0.344 e. The lowest BCUT2D eigenvalue weighted by atomic mass is 9.99. The molecule has 0 N–H and O–H groups in total. The fourth-order valence-electron chi connectivity index (χ4n) is 4.34. The molecule has 0 spiro atoms. The molecule has 1 aliphatic rings. The maximum atomic E-state index is 12.8. The standard InChI is InChI=1S/C26H17ClN2O5/c27-17-3-5-22-16(8-17)9-20(26(31)33-22)19-10-24(30)34-25-18(19)4-6-23-21(25)13-29(14-32-23)12-15-2-1-7-28-11-15/h1-11H,12-14H2. The molecule has 5 aromatic rings. The van der Waals surface area contributed by atoms with Crippen LogP contribution in [0, 0.1) is 0 Å². The molecule has 6 rings (SSSR count). The Morgan fingerprint density at radius 3 is 2.76 bits per heavy atom. The van der Waals surface area contributed by atoms with E-state index in [0.717, 1.165) is 11.1 Å². The molecule has 3 aromatic heterocycles. The summed E-state index contributed by atoms with van der Waals surface area (Å²) in [6.45, 7) is 1.53. The van der Waals surface area contributed by atoms with Gasteiger partial charge < -0.3 is 13.6 Å². The third kappa shape index (κ3) is 3.65. The van der Waals surface area contributed by atoms with E-state index >= 15 is 0 Å². The number of fused-ring (bicyclic) bond motifs is 4. The third-order valence-electron chi connectivity index (χ3n) is 5.87. The minimum Gasteiger partial charge on any atom is -0.478 e. The molecular formula is C26H17ClN2O5. The Hall–Kier alpha value is -3.94. The topological polar surface area (TPSA) is 85.8 Å². The van der Waals surface area contributed by atoms with E-state index in [-0.39, 0.29) is 5.56 Å². The van der Waals surface area contributed by atoms with E-state index in [9.17, 15) is 9.59 Å². The molecule has 0 radical (unpaired) electrons. The molecule has 0 aliphatic carbocycles. The van der Waals surface area contributed by atoms with Gasteiger partial charge in [-0.1, -0.05) is 17.7 Å². The number of nitrogens with zero attached hydrogens (tertiary/aromatic N) is 2. The van der Waals surface area contributed by atoms with E-state index in [4.69, 9.17) is 25.2 Å². The van der Waals surface area contributed by atoms with Crippen LogP contribution >= 0.6 is 11.6 Å². The zero-order chi connectivity index (χ0) is 23.2. The second-order valence-corrected chi connectivity index (χ2v) is 8.59. The molecule has 0 saturated heterocycles. The summed E-state index contributed by atoms with van der Waals surface area (Å²) in [6, 6.07) is 15.5. The summed E-state index contributed by atoms with van der Waals surface area (Å²) in [5, 5.41) is 1.80. The van der Waals surface area contributed by atoms with Gasteiger partial charge in [0.1, 0.15) is 23.6 Å². The van der Waals surface area contributed by atoms with Crippen LogP contribution in [0.3, 0.4) is 0 Å². The number of hydrogen-bond donors (Lipinski definition) is 0. The van der Waals surface area contributed by atoms with Gasteiger partial charge in [-0.15, -0.1) is 0 Å². The number of pyridine rings is 1. The highest BCUT2D eigenvalue weighted by atomic mass is 35.5. The third-order valence-corrected chi connectivity index (χ3v) is 6.11. The van der Waals surface area contributed by atoms with E-state index in [1.54, 1.807) is 36.5 Å². The van der Waals surface area contributed by atoms with Crippen molar-refractivity contribution in [2.24, 2.45) is 0 Å². The predicted molar refractivity (Wildman–Crippen MR) is 128 cm³/mol. The first-order valence-electron chi connectivity index (χ1n) is 10.6. The first-order chi connectivity index (χ1) is 16.5. The van der Waals surface area contributed by atoms with Crippen molar-refractivity contribution in [2.75, 3.05) is 6.73 Å². The van der Waals surface area contributed by atoms with Gasteiger partial charge in [0, 0.05) is 52.9 Å². The fourth-order valence-corrected chi connectivity index (χ4v) is 4.52. The smallest absolute Gasteiger partial charge is 0.344 e. The molecule has 0 atom stereocenters. The maximum absolute atomic E-state index is 12.8. The number of hydrogen-bond acceptors (Lipinski definition) is 7. The highest BCUT2D eigenvalue weighted by molar-refractivity contribution is 6.31. The van der Waals surface area contributed by atoms with Crippen molar-refractivity contribution in [1.82, 2.24) is 9.88 Å². The number of rotatable bonds is 3. The van der Waals surface area contributed by atoms with Crippen LogP contribution < -0.4 is 16.0 Å². The van der Waals surface area contributed by atoms with Gasteiger partial charge in [0.05, 0.1) is 11.1 Å². The normalized spacial score (nSPS) is 13.7. The number of ether oxygens (including phenoxy) is 1. The van der Waals surface area contributed by atoms with Crippen molar-refractivity contribution in [1.29, 1.82) is 0 Å². The molecule has 168 valence electrons. The zero-order valence-corrected chi connectivity index (χ0v) is 18.5. The molecule has 0 fully saturated rings. The van der Waals surface area contributed by atoms with Crippen LogP contribution in [-0.2, 0) is 13.1 Å². The van der Waals surface area contributed by atoms with Crippen LogP contribution in [-0.4, -0.2) is 16.6 Å². The van der Waals surface area contributed by atoms with Gasteiger partial charge in [-0.25, -0.2) is 9.59 Å². The number of halogens is 1. The van der Waals surface area contributed by atoms with Crippen molar-refractivity contribution in [3.8, 4) is 16.9 Å². The molecule has 7 nitrogen and oxygen atoms in total. The molecule has 8 heteroatoms. The van der Waals surface area contributed by atoms with Gasteiger partial charge >= 0.3 is 11.3 Å². The van der Waals surface area contributed by atoms with Crippen molar-refractivity contribution >= 4 is 33.5 Å². The van der Waals surface area contributed by atoms with E-state index in [0.29, 0.717) is 58.1 Å². The minimum absolute atomic E-state index is 0.261. The van der Waals surface area contributed by atoms with Gasteiger partial charge in [0.25, 0.3) is 0 Å². The van der Waals surface area contributed by atoms with Crippen LogP contribution in [0.25, 0.3) is 33.1 Å². The Labute approximate surface area is 197 Å². The first kappa shape index (κ1) is 20.7. The Balaban J connectivity index is 1.49. The molecule has 0 unspecified atom stereocenters. The lowest BCUT2D eigenvalue weighted by molar-refractivity contribution is 0.0889. The monoisotopic (exact) mass is 472 g/mol. The molecule has 4 heterocycles. The molecule has 34 heavy (non-hydrogen) atoms. The lowest BCUT2D eigenvalue weighted by Gasteiger charge is -2.29. The summed E-state index contributed by atoms with van der Waals surface area (Å²) in [7, 11) is 0. The van der Waals surface area contributed by atoms with Crippen molar-refractivity contribution in [2.45, 2.75) is 13.1 Å². The minimum atomic E-state index is -0.564. The Morgan fingerprint density at radius 2 is 1.91 bits per heavy atom.